The number of rotatable bonds is 3. The lowest BCUT2D eigenvalue weighted by molar-refractivity contribution is -0.146. The molecule has 0 radical (unpaired) electrons. The molecule has 20 heavy (non-hydrogen) atoms. The maximum atomic E-state index is 12.8. The molecule has 3 heteroatoms. The monoisotopic (exact) mass is 274 g/mol. The zero-order valence-electron chi connectivity index (χ0n) is 12.3. The van der Waals surface area contributed by atoms with E-state index in [1.165, 1.54) is 44.1 Å². The van der Waals surface area contributed by atoms with Crippen molar-refractivity contribution in [3.8, 4) is 0 Å². The summed E-state index contributed by atoms with van der Waals surface area (Å²) in [4.78, 5) is 12.8. The standard InChI is InChI=1S/C17H26N2O/c20-16(19-11-12-1-3-18-4-2-12)17-8-13-5-14(9-17)7-15(6-13)10-17/h1,13-15,18H,2-11H2,(H,19,20). The first-order chi connectivity index (χ1) is 9.73. The van der Waals surface area contributed by atoms with Gasteiger partial charge in [-0.3, -0.25) is 4.79 Å². The minimum absolute atomic E-state index is 0.0161. The van der Waals surface area contributed by atoms with E-state index in [2.05, 4.69) is 16.7 Å². The number of hydrogen-bond acceptors (Lipinski definition) is 2. The first-order valence-corrected chi connectivity index (χ1v) is 8.40. The first kappa shape index (κ1) is 12.9. The molecule has 2 N–H and O–H groups in total. The van der Waals surface area contributed by atoms with Gasteiger partial charge in [0.25, 0.3) is 0 Å². The molecule has 1 heterocycles. The fourth-order valence-electron chi connectivity index (χ4n) is 5.60. The molecule has 0 unspecified atom stereocenters. The van der Waals surface area contributed by atoms with E-state index in [9.17, 15) is 4.79 Å². The molecule has 4 fully saturated rings. The lowest BCUT2D eigenvalue weighted by Gasteiger charge is -2.55. The van der Waals surface area contributed by atoms with Crippen molar-refractivity contribution >= 4 is 5.91 Å². The highest BCUT2D eigenvalue weighted by Gasteiger charge is 2.54. The molecule has 110 valence electrons. The van der Waals surface area contributed by atoms with Gasteiger partial charge in [0.05, 0.1) is 0 Å². The molecule has 3 nitrogen and oxygen atoms in total. The number of nitrogens with one attached hydrogen (secondary N) is 2. The van der Waals surface area contributed by atoms with Crippen LogP contribution >= 0.6 is 0 Å². The van der Waals surface area contributed by atoms with Crippen LogP contribution in [0.2, 0.25) is 0 Å². The molecule has 5 aliphatic rings. The van der Waals surface area contributed by atoms with Crippen molar-refractivity contribution < 1.29 is 4.79 Å². The number of carbonyl (C=O) groups is 1. The van der Waals surface area contributed by atoms with Gasteiger partial charge in [-0.05, 0) is 69.2 Å². The molecule has 0 aromatic carbocycles. The largest absolute Gasteiger partial charge is 0.352 e. The van der Waals surface area contributed by atoms with E-state index in [0.717, 1.165) is 43.8 Å². The topological polar surface area (TPSA) is 41.1 Å². The summed E-state index contributed by atoms with van der Waals surface area (Å²) >= 11 is 0. The van der Waals surface area contributed by atoms with Gasteiger partial charge in [-0.15, -0.1) is 0 Å². The second kappa shape index (κ2) is 4.87. The average Bonchev–Trinajstić information content (AvgIpc) is 2.44. The highest BCUT2D eigenvalue weighted by molar-refractivity contribution is 5.83. The molecule has 0 atom stereocenters. The van der Waals surface area contributed by atoms with Crippen molar-refractivity contribution in [1.82, 2.24) is 10.6 Å². The van der Waals surface area contributed by atoms with Crippen molar-refractivity contribution in [2.75, 3.05) is 19.6 Å². The summed E-state index contributed by atoms with van der Waals surface area (Å²) in [5.41, 5.74) is 1.42. The van der Waals surface area contributed by atoms with Crippen molar-refractivity contribution in [3.05, 3.63) is 11.6 Å². The highest BCUT2D eigenvalue weighted by atomic mass is 16.2. The van der Waals surface area contributed by atoms with Gasteiger partial charge in [0.15, 0.2) is 0 Å². The Balaban J connectivity index is 1.41. The fourth-order valence-corrected chi connectivity index (χ4v) is 5.60. The lowest BCUT2D eigenvalue weighted by atomic mass is 9.49. The summed E-state index contributed by atoms with van der Waals surface area (Å²) < 4.78 is 0. The lowest BCUT2D eigenvalue weighted by Crippen LogP contribution is -2.53. The number of carbonyl (C=O) groups excluding carboxylic acids is 1. The predicted molar refractivity (Wildman–Crippen MR) is 79.2 cm³/mol. The minimum Gasteiger partial charge on any atom is -0.352 e. The second-order valence-corrected chi connectivity index (χ2v) is 7.70. The average molecular weight is 274 g/mol. The van der Waals surface area contributed by atoms with E-state index in [0.29, 0.717) is 5.91 Å². The third kappa shape index (κ3) is 2.20. The van der Waals surface area contributed by atoms with Gasteiger partial charge in [-0.25, -0.2) is 0 Å². The van der Waals surface area contributed by atoms with E-state index in [-0.39, 0.29) is 5.41 Å². The van der Waals surface area contributed by atoms with Crippen LogP contribution in [0.5, 0.6) is 0 Å². The summed E-state index contributed by atoms with van der Waals surface area (Å²) in [6, 6.07) is 0. The van der Waals surface area contributed by atoms with Crippen molar-refractivity contribution in [3.63, 3.8) is 0 Å². The number of hydrogen-bond donors (Lipinski definition) is 2. The Labute approximate surface area is 121 Å². The Hall–Kier alpha value is -0.830. The zero-order valence-corrected chi connectivity index (χ0v) is 12.3. The minimum atomic E-state index is 0.0161. The van der Waals surface area contributed by atoms with E-state index in [4.69, 9.17) is 0 Å². The van der Waals surface area contributed by atoms with E-state index in [1.807, 2.05) is 0 Å². The molecule has 1 amide bonds. The third-order valence-corrected chi connectivity index (χ3v) is 6.15. The quantitative estimate of drug-likeness (QED) is 0.775. The Morgan fingerprint density at radius 2 is 1.85 bits per heavy atom. The van der Waals surface area contributed by atoms with Crippen LogP contribution in [0.1, 0.15) is 44.9 Å². The summed E-state index contributed by atoms with van der Waals surface area (Å²) in [5, 5.41) is 6.60. The van der Waals surface area contributed by atoms with Gasteiger partial charge in [0, 0.05) is 18.5 Å². The van der Waals surface area contributed by atoms with Gasteiger partial charge in [-0.1, -0.05) is 11.6 Å². The molecule has 1 aliphatic heterocycles. The Morgan fingerprint density at radius 1 is 1.20 bits per heavy atom. The van der Waals surface area contributed by atoms with Crippen LogP contribution in [0.4, 0.5) is 0 Å². The highest BCUT2D eigenvalue weighted by Crippen LogP contribution is 2.60. The smallest absolute Gasteiger partial charge is 0.226 e. The molecule has 0 aromatic heterocycles. The third-order valence-electron chi connectivity index (χ3n) is 6.15. The zero-order chi connectivity index (χ0) is 13.6. The van der Waals surface area contributed by atoms with Crippen LogP contribution in [0.25, 0.3) is 0 Å². The fraction of sp³-hybridized carbons (Fsp3) is 0.824. The van der Waals surface area contributed by atoms with E-state index >= 15 is 0 Å². The van der Waals surface area contributed by atoms with Crippen LogP contribution in [0.15, 0.2) is 11.6 Å². The Morgan fingerprint density at radius 3 is 2.40 bits per heavy atom. The first-order valence-electron chi connectivity index (χ1n) is 8.40. The van der Waals surface area contributed by atoms with Crippen molar-refractivity contribution in [1.29, 1.82) is 0 Å². The molecule has 0 spiro atoms. The Kier molecular flexibility index (Phi) is 3.13. The molecule has 0 aromatic rings. The van der Waals surface area contributed by atoms with Gasteiger partial charge in [0.1, 0.15) is 0 Å². The SMILES string of the molecule is O=C(NCC1=CCNCC1)C12CC3CC(CC(C3)C1)C2. The molecule has 4 aliphatic carbocycles. The normalized spacial score (nSPS) is 42.4. The predicted octanol–water partition coefficient (Wildman–Crippen LogP) is 2.24. The van der Waals surface area contributed by atoms with Gasteiger partial charge in [-0.2, -0.15) is 0 Å². The molecular weight excluding hydrogens is 248 g/mol. The van der Waals surface area contributed by atoms with Crippen LogP contribution in [0, 0.1) is 23.2 Å². The van der Waals surface area contributed by atoms with Gasteiger partial charge >= 0.3 is 0 Å². The molecule has 0 saturated heterocycles. The van der Waals surface area contributed by atoms with Crippen molar-refractivity contribution in [2.24, 2.45) is 23.2 Å². The van der Waals surface area contributed by atoms with Gasteiger partial charge < -0.3 is 10.6 Å². The molecule has 5 rings (SSSR count). The molecular formula is C17H26N2O. The van der Waals surface area contributed by atoms with Crippen molar-refractivity contribution in [2.45, 2.75) is 44.9 Å². The Bertz CT molecular complexity index is 405. The van der Waals surface area contributed by atoms with Crippen LogP contribution in [0.3, 0.4) is 0 Å². The maximum Gasteiger partial charge on any atom is 0.226 e. The van der Waals surface area contributed by atoms with E-state index < -0.39 is 0 Å². The molecule has 4 saturated carbocycles. The number of amides is 1. The van der Waals surface area contributed by atoms with Crippen LogP contribution < -0.4 is 10.6 Å². The summed E-state index contributed by atoms with van der Waals surface area (Å²) in [6.45, 7) is 2.80. The summed E-state index contributed by atoms with van der Waals surface area (Å²) in [6.07, 6.45) is 11.1. The van der Waals surface area contributed by atoms with Crippen LogP contribution in [-0.4, -0.2) is 25.5 Å². The summed E-state index contributed by atoms with van der Waals surface area (Å²) in [5.74, 6) is 2.93. The summed E-state index contributed by atoms with van der Waals surface area (Å²) in [7, 11) is 0. The van der Waals surface area contributed by atoms with Gasteiger partial charge in [0.2, 0.25) is 5.91 Å². The maximum absolute atomic E-state index is 12.8. The van der Waals surface area contributed by atoms with E-state index in [1.54, 1.807) is 0 Å². The molecule has 4 bridgehead atoms. The van der Waals surface area contributed by atoms with Crippen LogP contribution in [-0.2, 0) is 4.79 Å². The second-order valence-electron chi connectivity index (χ2n) is 7.70.